The molecule has 0 aliphatic rings. The molecule has 318 valence electrons. The van der Waals surface area contributed by atoms with Gasteiger partial charge in [0.15, 0.2) is 0 Å². The minimum atomic E-state index is -1.22. The average molecular weight is 1080 g/mol. The molecular formula is C28H55I2N8O13S3-. The van der Waals surface area contributed by atoms with Gasteiger partial charge in [0.05, 0.1) is 0 Å². The molecule has 0 aliphatic heterocycles. The Morgan fingerprint density at radius 2 is 0.870 bits per heavy atom. The summed E-state index contributed by atoms with van der Waals surface area (Å²) < 4.78 is 0. The van der Waals surface area contributed by atoms with Crippen LogP contribution in [0, 0.1) is 0 Å². The van der Waals surface area contributed by atoms with Gasteiger partial charge < -0.3 is 70.2 Å². The van der Waals surface area contributed by atoms with E-state index in [4.69, 9.17) is 54.2 Å². The van der Waals surface area contributed by atoms with Gasteiger partial charge in [0.25, 0.3) is 0 Å². The fraction of sp³-hybridized carbons (Fsp3) is 0.714. The molecular weight excluding hydrogens is 1020 g/mol. The first-order valence-corrected chi connectivity index (χ1v) is 26.8. The molecule has 0 aliphatic carbocycles. The molecule has 0 bridgehead atoms. The normalized spacial score (nSPS) is 13.5. The molecule has 3 amide bonds. The predicted molar refractivity (Wildman–Crippen MR) is 213 cm³/mol. The van der Waals surface area contributed by atoms with Crippen LogP contribution in [-0.4, -0.2) is 134 Å². The first kappa shape index (κ1) is 58.8. The fourth-order valence-electron chi connectivity index (χ4n) is 3.39. The maximum atomic E-state index is 12.1. The summed E-state index contributed by atoms with van der Waals surface area (Å²) in [6.45, 7) is 1.03. The number of nitrogens with two attached hydrogens (primary N) is 5. The molecule has 21 nitrogen and oxygen atoms in total. The molecule has 0 rings (SSSR count). The first-order chi connectivity index (χ1) is 25.2. The number of unbranched alkanes of at least 4 members (excludes halogenated alkanes) is 2. The Labute approximate surface area is 348 Å². The Morgan fingerprint density at radius 1 is 0.537 bits per heavy atom. The molecule has 18 N–H and O–H groups in total. The van der Waals surface area contributed by atoms with Crippen LogP contribution in [0.3, 0.4) is 0 Å². The van der Waals surface area contributed by atoms with E-state index in [1.807, 2.05) is 0 Å². The summed E-state index contributed by atoms with van der Waals surface area (Å²) in [5, 5.41) is 50.1. The van der Waals surface area contributed by atoms with Crippen molar-refractivity contribution in [3.05, 3.63) is 0 Å². The molecule has 0 aromatic rings. The second kappa shape index (κ2) is 38.0. The van der Waals surface area contributed by atoms with Crippen LogP contribution in [-0.2, 0) is 38.4 Å². The SMILES string of the molecule is NC(CCC(=O)NC(CS)C(=O)O)C(=O)O.NC(CCC(=O)NC(CS)C(=O)[15NH][13CH]([13CH2][13CH2][13CH2][13CH2][15NH2])[13C](=O)O)C(=O)O.S[I-]I.[15NH2][13CH2][13CH2][13CH2][13CH2][13CH]([15NH2])[13C](=O)O. The van der Waals surface area contributed by atoms with Crippen molar-refractivity contribution in [2.24, 2.45) is 28.7 Å². The Balaban J connectivity index is -0.000000367. The zero-order valence-corrected chi connectivity index (χ0v) is 36.3. The van der Waals surface area contributed by atoms with Gasteiger partial charge in [-0.05, 0) is 58.0 Å². The van der Waals surface area contributed by atoms with Crippen LogP contribution in [0.5, 0.6) is 0 Å². The van der Waals surface area contributed by atoms with Crippen molar-refractivity contribution in [3.8, 4) is 0 Å². The Kier molecular flexibility index (Phi) is 41.3. The molecule has 0 spiro atoms. The van der Waals surface area contributed by atoms with Gasteiger partial charge in [-0.25, -0.2) is 9.59 Å². The van der Waals surface area contributed by atoms with E-state index in [0.717, 1.165) is 12.8 Å². The smallest absolute Gasteiger partial charge is 0.320 e. The van der Waals surface area contributed by atoms with E-state index in [-0.39, 0.29) is 59.5 Å². The number of halogens is 2. The maximum Gasteiger partial charge on any atom is 0.320 e. The second-order valence-electron chi connectivity index (χ2n) is 10.9. The van der Waals surface area contributed by atoms with Crippen molar-refractivity contribution in [2.45, 2.75) is 100 Å². The molecule has 26 heteroatoms. The van der Waals surface area contributed by atoms with E-state index in [9.17, 15) is 38.4 Å². The summed E-state index contributed by atoms with van der Waals surface area (Å²) in [6.07, 6.45) is 3.12. The van der Waals surface area contributed by atoms with E-state index in [1.54, 1.807) is 0 Å². The van der Waals surface area contributed by atoms with Gasteiger partial charge in [-0.2, -0.15) is 25.3 Å². The first-order valence-electron chi connectivity index (χ1n) is 16.0. The quantitative estimate of drug-likeness (QED) is 0.0134. The molecule has 0 heterocycles. The van der Waals surface area contributed by atoms with Crippen molar-refractivity contribution in [2.75, 3.05) is 24.6 Å². The van der Waals surface area contributed by atoms with E-state index in [1.165, 1.54) is 0 Å². The summed E-state index contributed by atoms with van der Waals surface area (Å²) >= 11 is 10.2. The number of nitrogens with one attached hydrogen (secondary N) is 3. The number of thiol groups is 3. The van der Waals surface area contributed by atoms with Crippen LogP contribution >= 0.6 is 53.7 Å². The third-order valence-electron chi connectivity index (χ3n) is 6.50. The van der Waals surface area contributed by atoms with Crippen molar-refractivity contribution in [3.63, 3.8) is 0 Å². The van der Waals surface area contributed by atoms with Gasteiger partial charge in [-0.3, -0.25) is 28.8 Å². The Morgan fingerprint density at radius 3 is 1.19 bits per heavy atom. The van der Waals surface area contributed by atoms with Crippen LogP contribution in [0.2, 0.25) is 0 Å². The fourth-order valence-corrected chi connectivity index (χ4v) is 3.89. The number of hydrogen-bond acceptors (Lipinski definition) is 16. The third-order valence-corrected chi connectivity index (χ3v) is 7.23. The van der Waals surface area contributed by atoms with Gasteiger partial charge in [0.1, 0.15) is 36.3 Å². The van der Waals surface area contributed by atoms with Gasteiger partial charge in [0, 0.05) is 24.3 Å². The van der Waals surface area contributed by atoms with Gasteiger partial charge in [-0.1, -0.05) is 6.42 Å². The largest absolute Gasteiger partial charge is 0.480 e. The summed E-state index contributed by atoms with van der Waals surface area (Å²) in [4.78, 5) is 87.9. The number of carbonyl (C=O) groups excluding carboxylic acids is 3. The predicted octanol–water partition coefficient (Wildman–Crippen LogP) is -5.23. The van der Waals surface area contributed by atoms with Gasteiger partial charge in [0.2, 0.25) is 17.7 Å². The number of carboxylic acids is 5. The minimum absolute atomic E-state index is 0.0357. The molecule has 6 unspecified atom stereocenters. The minimum Gasteiger partial charge on any atom is -0.480 e. The molecule has 0 fully saturated rings. The van der Waals surface area contributed by atoms with E-state index < -0.39 is 83.8 Å². The van der Waals surface area contributed by atoms with E-state index >= 15 is 0 Å². The monoisotopic (exact) mass is 1080 g/mol. The number of rotatable bonds is 25. The van der Waals surface area contributed by atoms with Crippen LogP contribution in [0.1, 0.15) is 64.2 Å². The van der Waals surface area contributed by atoms with Crippen LogP contribution < -0.4 is 60.5 Å². The standard InChI is InChI=1S/C14H26N4O6S.C8H14N2O5S.C6H14N2O2.HI2S/c15-6-2-1-3-9(14(23)24)18-12(20)10(7-25)17-11(19)5-4-8(16)13(21)22;9-4(7(12)13)1-2-6(11)10-5(3-16)8(14)15;7-4-2-1-3-5(8)6(9)10;1-2-3/h8-10,25H,1-7,15-16H2,(H,17,19)(H,18,20)(H,21,22)(H,23,24);4-5,16H,1-3,9H2,(H,10,11)(H,12,13)(H,14,15);5H,1-4,7-8H2,(H,9,10);3H/q;;;-1/i1+1,2+1,3+1,6+1,9+1,14+1,15+1,18+1;;1+1,2+1,3+1,4+1,5+1,6+1,7+1,8+1;. The Bertz CT molecular complexity index is 1140. The number of carboxylic acid groups (broad SMARTS) is 5. The number of aliphatic carboxylic acids is 5. The van der Waals surface area contributed by atoms with Crippen LogP contribution in [0.25, 0.3) is 0 Å². The topological polar surface area (TPSA) is 404 Å². The third kappa shape index (κ3) is 35.8. The van der Waals surface area contributed by atoms with Gasteiger partial charge in [-0.15, -0.1) is 0 Å². The average Bonchev–Trinajstić information content (AvgIpc) is 3.10. The van der Waals surface area contributed by atoms with Crippen molar-refractivity contribution < 1.29 is 79.7 Å². The summed E-state index contributed by atoms with van der Waals surface area (Å²) in [5.74, 6) is -7.60. The maximum absolute atomic E-state index is 12.1. The zero-order valence-electron chi connectivity index (χ0n) is 29.3. The second-order valence-corrected chi connectivity index (χ2v) is 20.2. The number of carbonyl (C=O) groups is 8. The molecule has 0 saturated carbocycles. The Hall–Kier alpha value is -1.93. The molecule has 0 saturated heterocycles. The zero-order chi connectivity index (χ0) is 42.8. The summed E-state index contributed by atoms with van der Waals surface area (Å²) in [6, 6.07) is -6.20. The van der Waals surface area contributed by atoms with Crippen molar-refractivity contribution in [1.82, 2.24) is 16.0 Å². The molecule has 6 atom stereocenters. The molecule has 0 aromatic heterocycles. The molecule has 54 heavy (non-hydrogen) atoms. The molecule has 0 aromatic carbocycles. The summed E-state index contributed by atoms with van der Waals surface area (Å²) in [7, 11) is 3.89. The summed E-state index contributed by atoms with van der Waals surface area (Å²) in [5.41, 5.74) is 26.2. The van der Waals surface area contributed by atoms with Crippen LogP contribution in [0.4, 0.5) is 0 Å². The van der Waals surface area contributed by atoms with Gasteiger partial charge >= 0.3 is 74.1 Å². The van der Waals surface area contributed by atoms with Crippen LogP contribution in [0.15, 0.2) is 0 Å². The van der Waals surface area contributed by atoms with E-state index in [2.05, 4.69) is 69.6 Å². The number of amides is 3. The van der Waals surface area contributed by atoms with Crippen molar-refractivity contribution in [1.29, 1.82) is 0 Å². The van der Waals surface area contributed by atoms with Crippen molar-refractivity contribution >= 4 is 101 Å². The molecule has 0 radical (unpaired) electrons. The van der Waals surface area contributed by atoms with E-state index in [0.29, 0.717) is 32.4 Å². The number of hydrogen-bond donors (Lipinski definition) is 16.